The molecule has 0 N–H and O–H groups in total. The Balaban J connectivity index is 1.62. The Labute approximate surface area is 152 Å². The Morgan fingerprint density at radius 2 is 2.00 bits per heavy atom. The number of fused-ring (bicyclic) bond motifs is 1. The molecule has 0 unspecified atom stereocenters. The lowest BCUT2D eigenvalue weighted by Crippen LogP contribution is -2.34. The van der Waals surface area contributed by atoms with E-state index in [0.717, 1.165) is 30.0 Å². The Bertz CT molecular complexity index is 862. The van der Waals surface area contributed by atoms with Crippen LogP contribution in [-0.4, -0.2) is 27.5 Å². The van der Waals surface area contributed by atoms with Gasteiger partial charge in [0.05, 0.1) is 0 Å². The summed E-state index contributed by atoms with van der Waals surface area (Å²) in [6.45, 7) is 6.95. The minimum absolute atomic E-state index is 0.373. The molecule has 5 heteroatoms. The van der Waals surface area contributed by atoms with Crippen molar-refractivity contribution in [3.63, 3.8) is 0 Å². The molecule has 0 aliphatic carbocycles. The molecule has 4 nitrogen and oxygen atoms in total. The minimum Gasteiger partial charge on any atom is -0.492 e. The maximum absolute atomic E-state index is 6.06. The molecule has 0 fully saturated rings. The largest absolute Gasteiger partial charge is 0.492 e. The predicted molar refractivity (Wildman–Crippen MR) is 101 cm³/mol. The molecule has 1 aliphatic heterocycles. The topological polar surface area (TPSA) is 38.2 Å². The van der Waals surface area contributed by atoms with Crippen LogP contribution in [0.4, 0.5) is 0 Å². The van der Waals surface area contributed by atoms with Gasteiger partial charge in [-0.25, -0.2) is 9.97 Å². The number of benzene rings is 1. The first-order chi connectivity index (χ1) is 12.2. The third kappa shape index (κ3) is 3.57. The van der Waals surface area contributed by atoms with Crippen LogP contribution in [0, 0.1) is 6.92 Å². The quantitative estimate of drug-likeness (QED) is 0.705. The first kappa shape index (κ1) is 16.2. The number of hydrogen-bond donors (Lipinski definition) is 0. The maximum atomic E-state index is 6.06. The SMILES string of the molecule is Cc1ccc(CN2Cc3cc(-c4cncnc4)ccc3OC[C@@H]2C)s1. The molecular formula is C20H21N3OS. The van der Waals surface area contributed by atoms with E-state index in [1.54, 1.807) is 6.33 Å². The van der Waals surface area contributed by atoms with Gasteiger partial charge < -0.3 is 4.74 Å². The second-order valence-corrected chi connectivity index (χ2v) is 7.90. The van der Waals surface area contributed by atoms with Crippen LogP contribution in [0.1, 0.15) is 22.2 Å². The van der Waals surface area contributed by atoms with E-state index in [9.17, 15) is 0 Å². The number of rotatable bonds is 3. The summed E-state index contributed by atoms with van der Waals surface area (Å²) >= 11 is 1.87. The van der Waals surface area contributed by atoms with Gasteiger partial charge in [-0.2, -0.15) is 0 Å². The number of hydrogen-bond acceptors (Lipinski definition) is 5. The van der Waals surface area contributed by atoms with Crippen LogP contribution in [0.25, 0.3) is 11.1 Å². The minimum atomic E-state index is 0.373. The highest BCUT2D eigenvalue weighted by Gasteiger charge is 2.22. The van der Waals surface area contributed by atoms with Crippen molar-refractivity contribution < 1.29 is 4.74 Å². The van der Waals surface area contributed by atoms with Crippen LogP contribution in [0.3, 0.4) is 0 Å². The zero-order valence-corrected chi connectivity index (χ0v) is 15.3. The number of ether oxygens (including phenoxy) is 1. The third-order valence-electron chi connectivity index (χ3n) is 4.59. The summed E-state index contributed by atoms with van der Waals surface area (Å²) in [7, 11) is 0. The molecule has 1 aromatic carbocycles. The van der Waals surface area contributed by atoms with Crippen molar-refractivity contribution >= 4 is 11.3 Å². The molecule has 128 valence electrons. The van der Waals surface area contributed by atoms with Crippen molar-refractivity contribution in [1.29, 1.82) is 0 Å². The molecule has 25 heavy (non-hydrogen) atoms. The summed E-state index contributed by atoms with van der Waals surface area (Å²) in [6, 6.07) is 11.2. The number of nitrogens with zero attached hydrogens (tertiary/aromatic N) is 3. The van der Waals surface area contributed by atoms with E-state index >= 15 is 0 Å². The summed E-state index contributed by atoms with van der Waals surface area (Å²) in [6.07, 6.45) is 5.25. The number of aryl methyl sites for hydroxylation is 1. The fourth-order valence-corrected chi connectivity index (χ4v) is 4.06. The molecule has 1 atom stereocenters. The second-order valence-electron chi connectivity index (χ2n) is 6.53. The number of aromatic nitrogens is 2. The van der Waals surface area contributed by atoms with Crippen molar-refractivity contribution in [3.8, 4) is 16.9 Å². The first-order valence-corrected chi connectivity index (χ1v) is 9.31. The van der Waals surface area contributed by atoms with Crippen molar-refractivity contribution in [3.05, 3.63) is 64.4 Å². The summed E-state index contributed by atoms with van der Waals surface area (Å²) < 4.78 is 6.06. The van der Waals surface area contributed by atoms with Gasteiger partial charge in [0, 0.05) is 52.4 Å². The zero-order valence-electron chi connectivity index (χ0n) is 14.5. The lowest BCUT2D eigenvalue weighted by molar-refractivity contribution is 0.152. The molecule has 0 saturated heterocycles. The van der Waals surface area contributed by atoms with Gasteiger partial charge in [-0.3, -0.25) is 4.90 Å². The van der Waals surface area contributed by atoms with Gasteiger partial charge in [0.15, 0.2) is 0 Å². The Kier molecular flexibility index (Phi) is 4.51. The Hall–Kier alpha value is -2.24. The normalized spacial score (nSPS) is 17.6. The molecule has 4 rings (SSSR count). The average Bonchev–Trinajstić information content (AvgIpc) is 2.98. The molecule has 1 aliphatic rings. The first-order valence-electron chi connectivity index (χ1n) is 8.49. The van der Waals surface area contributed by atoms with Crippen LogP contribution in [0.5, 0.6) is 5.75 Å². The Morgan fingerprint density at radius 1 is 1.16 bits per heavy atom. The molecule has 2 aromatic heterocycles. The maximum Gasteiger partial charge on any atom is 0.123 e. The predicted octanol–water partition coefficient (Wildman–Crippen LogP) is 4.30. The summed E-state index contributed by atoms with van der Waals surface area (Å²) in [5.41, 5.74) is 3.38. The van der Waals surface area contributed by atoms with Crippen molar-refractivity contribution in [1.82, 2.24) is 14.9 Å². The van der Waals surface area contributed by atoms with Gasteiger partial charge in [0.2, 0.25) is 0 Å². The molecule has 0 spiro atoms. The smallest absolute Gasteiger partial charge is 0.123 e. The summed E-state index contributed by atoms with van der Waals surface area (Å²) in [5.74, 6) is 0.984. The molecule has 0 radical (unpaired) electrons. The fourth-order valence-electron chi connectivity index (χ4n) is 3.14. The highest BCUT2D eigenvalue weighted by molar-refractivity contribution is 7.11. The van der Waals surface area contributed by atoms with E-state index in [0.29, 0.717) is 12.6 Å². The molecule has 0 amide bonds. The molecule has 0 bridgehead atoms. The van der Waals surface area contributed by atoms with E-state index < -0.39 is 0 Å². The molecular weight excluding hydrogens is 330 g/mol. The molecule has 3 aromatic rings. The van der Waals surface area contributed by atoms with Crippen molar-refractivity contribution in [2.45, 2.75) is 33.0 Å². The van der Waals surface area contributed by atoms with Crippen molar-refractivity contribution in [2.75, 3.05) is 6.61 Å². The lowest BCUT2D eigenvalue weighted by Gasteiger charge is -2.25. The van der Waals surface area contributed by atoms with E-state index in [4.69, 9.17) is 4.74 Å². The van der Waals surface area contributed by atoms with E-state index in [2.05, 4.69) is 59.0 Å². The van der Waals surface area contributed by atoms with E-state index in [1.807, 2.05) is 23.7 Å². The van der Waals surface area contributed by atoms with Gasteiger partial charge in [0.1, 0.15) is 18.7 Å². The molecule has 3 heterocycles. The standard InChI is InChI=1S/C20H21N3OS/c1-14-12-24-20-6-4-16(18-8-21-13-22-9-18)7-17(20)10-23(14)11-19-5-3-15(2)25-19/h3-9,13-14H,10-12H2,1-2H3/t14-/m0/s1. The second kappa shape index (κ2) is 6.94. The third-order valence-corrected chi connectivity index (χ3v) is 5.57. The van der Waals surface area contributed by atoms with E-state index in [1.165, 1.54) is 15.3 Å². The van der Waals surface area contributed by atoms with Crippen LogP contribution in [-0.2, 0) is 13.1 Å². The van der Waals surface area contributed by atoms with Gasteiger partial charge >= 0.3 is 0 Å². The van der Waals surface area contributed by atoms with Gasteiger partial charge in [0.25, 0.3) is 0 Å². The monoisotopic (exact) mass is 351 g/mol. The van der Waals surface area contributed by atoms with Crippen molar-refractivity contribution in [2.24, 2.45) is 0 Å². The average molecular weight is 351 g/mol. The van der Waals surface area contributed by atoms with Crippen LogP contribution in [0.15, 0.2) is 49.1 Å². The fraction of sp³-hybridized carbons (Fsp3) is 0.300. The summed E-state index contributed by atoms with van der Waals surface area (Å²) in [5, 5.41) is 0. The van der Waals surface area contributed by atoms with Gasteiger partial charge in [-0.05, 0) is 43.7 Å². The van der Waals surface area contributed by atoms with Crippen LogP contribution < -0.4 is 4.74 Å². The van der Waals surface area contributed by atoms with Gasteiger partial charge in [-0.15, -0.1) is 11.3 Å². The molecule has 0 saturated carbocycles. The van der Waals surface area contributed by atoms with Crippen LogP contribution >= 0.6 is 11.3 Å². The van der Waals surface area contributed by atoms with E-state index in [-0.39, 0.29) is 0 Å². The van der Waals surface area contributed by atoms with Gasteiger partial charge in [-0.1, -0.05) is 6.07 Å². The zero-order chi connectivity index (χ0) is 17.2. The lowest BCUT2D eigenvalue weighted by atomic mass is 10.0. The van der Waals surface area contributed by atoms with Crippen LogP contribution in [0.2, 0.25) is 0 Å². The number of thiophene rings is 1. The highest BCUT2D eigenvalue weighted by atomic mass is 32.1. The Morgan fingerprint density at radius 3 is 2.76 bits per heavy atom. The highest BCUT2D eigenvalue weighted by Crippen LogP contribution is 2.31. The summed E-state index contributed by atoms with van der Waals surface area (Å²) in [4.78, 5) is 13.5.